The van der Waals surface area contributed by atoms with E-state index in [1.54, 1.807) is 19.4 Å². The van der Waals surface area contributed by atoms with Gasteiger partial charge in [0.1, 0.15) is 28.6 Å². The van der Waals surface area contributed by atoms with E-state index in [2.05, 4.69) is 4.98 Å². The molecule has 2 aromatic carbocycles. The molecule has 2 heterocycles. The van der Waals surface area contributed by atoms with E-state index >= 15 is 0 Å². The number of allylic oxidation sites excluding steroid dienone is 1. The fraction of sp³-hybridized carbons (Fsp3) is 0.0556. The van der Waals surface area contributed by atoms with E-state index in [1.807, 2.05) is 18.2 Å². The van der Waals surface area contributed by atoms with E-state index in [-0.39, 0.29) is 28.6 Å². The van der Waals surface area contributed by atoms with Gasteiger partial charge >= 0.3 is 0 Å². The summed E-state index contributed by atoms with van der Waals surface area (Å²) in [5.74, 6) is 0.0120. The first-order chi connectivity index (χ1) is 11.6. The molecule has 24 heavy (non-hydrogen) atoms. The van der Waals surface area contributed by atoms with Crippen LogP contribution in [0.2, 0.25) is 0 Å². The molecule has 0 aliphatic carbocycles. The van der Waals surface area contributed by atoms with Gasteiger partial charge in [-0.05, 0) is 24.3 Å². The van der Waals surface area contributed by atoms with Crippen LogP contribution in [0.1, 0.15) is 15.9 Å². The molecule has 0 radical (unpaired) electrons. The normalized spacial score (nSPS) is 14.9. The highest BCUT2D eigenvalue weighted by atomic mass is 16.5. The van der Waals surface area contributed by atoms with Crippen molar-refractivity contribution in [3.63, 3.8) is 0 Å². The number of rotatable bonds is 2. The lowest BCUT2D eigenvalue weighted by molar-refractivity contribution is 0.101. The van der Waals surface area contributed by atoms with Crippen molar-refractivity contribution in [2.24, 2.45) is 0 Å². The van der Waals surface area contributed by atoms with Gasteiger partial charge in [0.15, 0.2) is 5.76 Å². The van der Waals surface area contributed by atoms with Gasteiger partial charge in [0.25, 0.3) is 0 Å². The molecule has 0 bridgehead atoms. The number of Topliss-reactive ketones (excluding diaryl/α,β-unsaturated/α-hetero) is 1. The number of phenolic OH excluding ortho intramolecular Hbond substituents is 2. The number of H-pyrrole nitrogens is 1. The van der Waals surface area contributed by atoms with Crippen LogP contribution in [0.5, 0.6) is 23.0 Å². The minimum atomic E-state index is -0.431. The van der Waals surface area contributed by atoms with Gasteiger partial charge < -0.3 is 24.7 Å². The van der Waals surface area contributed by atoms with Crippen LogP contribution in [0.3, 0.4) is 0 Å². The number of fused-ring (bicyclic) bond motifs is 2. The van der Waals surface area contributed by atoms with Crippen molar-refractivity contribution in [2.45, 2.75) is 0 Å². The molecule has 120 valence electrons. The maximum atomic E-state index is 12.4. The summed E-state index contributed by atoms with van der Waals surface area (Å²) in [5, 5.41) is 20.2. The quantitative estimate of drug-likeness (QED) is 0.630. The van der Waals surface area contributed by atoms with E-state index in [1.165, 1.54) is 6.07 Å². The maximum absolute atomic E-state index is 12.4. The van der Waals surface area contributed by atoms with Gasteiger partial charge in [-0.1, -0.05) is 0 Å². The molecule has 0 atom stereocenters. The number of hydrogen-bond acceptors (Lipinski definition) is 5. The molecule has 0 saturated heterocycles. The number of carbonyl (C=O) groups excluding carboxylic acids is 1. The van der Waals surface area contributed by atoms with Crippen molar-refractivity contribution in [2.75, 3.05) is 7.11 Å². The fourth-order valence-corrected chi connectivity index (χ4v) is 2.79. The van der Waals surface area contributed by atoms with E-state index in [0.717, 1.165) is 22.5 Å². The Morgan fingerprint density at radius 1 is 1.21 bits per heavy atom. The van der Waals surface area contributed by atoms with E-state index in [0.29, 0.717) is 5.75 Å². The third-order valence-electron chi connectivity index (χ3n) is 3.94. The van der Waals surface area contributed by atoms with Crippen LogP contribution < -0.4 is 9.47 Å². The summed E-state index contributed by atoms with van der Waals surface area (Å²) in [6.07, 6.45) is 3.35. The van der Waals surface area contributed by atoms with Crippen molar-refractivity contribution in [1.29, 1.82) is 0 Å². The Bertz CT molecular complexity index is 1020. The van der Waals surface area contributed by atoms with Crippen LogP contribution in [0, 0.1) is 0 Å². The second kappa shape index (κ2) is 5.06. The predicted octanol–water partition coefficient (Wildman–Crippen LogP) is 3.20. The van der Waals surface area contributed by atoms with Crippen LogP contribution in [0.4, 0.5) is 0 Å². The second-order valence-corrected chi connectivity index (χ2v) is 5.43. The summed E-state index contributed by atoms with van der Waals surface area (Å²) in [6, 6.07) is 7.98. The van der Waals surface area contributed by atoms with Gasteiger partial charge in [0, 0.05) is 34.8 Å². The SMILES string of the molecule is COc1ccc2[nH]cc(C=C3Oc4cc(O)cc(O)c4C3=O)c2c1. The number of aromatic amines is 1. The average Bonchev–Trinajstić information content (AvgIpc) is 3.09. The number of carbonyl (C=O) groups is 1. The van der Waals surface area contributed by atoms with Gasteiger partial charge in [-0.3, -0.25) is 4.79 Å². The summed E-state index contributed by atoms with van der Waals surface area (Å²) >= 11 is 0. The van der Waals surface area contributed by atoms with E-state index in [4.69, 9.17) is 9.47 Å². The molecule has 1 aliphatic heterocycles. The highest BCUT2D eigenvalue weighted by Crippen LogP contribution is 2.41. The zero-order valence-electron chi connectivity index (χ0n) is 12.7. The molecule has 6 nitrogen and oxygen atoms in total. The standard InChI is InChI=1S/C18H13NO5/c1-23-11-2-3-13-12(7-11)9(8-19-13)4-16-18(22)17-14(21)5-10(20)6-15(17)24-16/h2-8,19-21H,1H3. The molecule has 1 aliphatic rings. The predicted molar refractivity (Wildman–Crippen MR) is 87.6 cm³/mol. The van der Waals surface area contributed by atoms with Crippen LogP contribution in [0.15, 0.2) is 42.3 Å². The number of aromatic nitrogens is 1. The minimum Gasteiger partial charge on any atom is -0.508 e. The summed E-state index contributed by atoms with van der Waals surface area (Å²) in [5.41, 5.74) is 1.70. The Kier molecular flexibility index (Phi) is 2.99. The molecular weight excluding hydrogens is 310 g/mol. The molecule has 0 spiro atoms. The molecule has 4 rings (SSSR count). The third-order valence-corrected chi connectivity index (χ3v) is 3.94. The molecular formula is C18H13NO5. The van der Waals surface area contributed by atoms with Gasteiger partial charge in [0.2, 0.25) is 5.78 Å². The van der Waals surface area contributed by atoms with Crippen molar-refractivity contribution < 1.29 is 24.5 Å². The highest BCUT2D eigenvalue weighted by Gasteiger charge is 2.31. The Hall–Kier alpha value is -3.41. The first-order valence-electron chi connectivity index (χ1n) is 7.22. The van der Waals surface area contributed by atoms with E-state index in [9.17, 15) is 15.0 Å². The lowest BCUT2D eigenvalue weighted by Gasteiger charge is -2.01. The molecule has 0 unspecified atom stereocenters. The number of benzene rings is 2. The Morgan fingerprint density at radius 2 is 2.04 bits per heavy atom. The number of hydrogen-bond donors (Lipinski definition) is 3. The van der Waals surface area contributed by atoms with Crippen molar-refractivity contribution in [3.05, 3.63) is 53.4 Å². The second-order valence-electron chi connectivity index (χ2n) is 5.43. The first kappa shape index (κ1) is 14.2. The van der Waals surface area contributed by atoms with Crippen molar-refractivity contribution in [3.8, 4) is 23.0 Å². The minimum absolute atomic E-state index is 0.0523. The molecule has 3 N–H and O–H groups in total. The summed E-state index contributed by atoms with van der Waals surface area (Å²) in [6.45, 7) is 0. The number of aromatic hydroxyl groups is 2. The van der Waals surface area contributed by atoms with Crippen molar-refractivity contribution in [1.82, 2.24) is 4.98 Å². The van der Waals surface area contributed by atoms with Gasteiger partial charge in [-0.2, -0.15) is 0 Å². The summed E-state index contributed by atoms with van der Waals surface area (Å²) < 4.78 is 10.7. The Labute approximate surface area is 136 Å². The number of methoxy groups -OCH3 is 1. The highest BCUT2D eigenvalue weighted by molar-refractivity contribution is 6.16. The Morgan fingerprint density at radius 3 is 2.83 bits per heavy atom. The molecule has 0 saturated carbocycles. The lowest BCUT2D eigenvalue weighted by atomic mass is 10.1. The van der Waals surface area contributed by atoms with Crippen LogP contribution >= 0.6 is 0 Å². The molecule has 3 aromatic rings. The molecule has 1 aromatic heterocycles. The van der Waals surface area contributed by atoms with Gasteiger partial charge in [-0.25, -0.2) is 0 Å². The zero-order chi connectivity index (χ0) is 16.8. The number of ether oxygens (including phenoxy) is 2. The first-order valence-corrected chi connectivity index (χ1v) is 7.22. The topological polar surface area (TPSA) is 91.8 Å². The average molecular weight is 323 g/mol. The monoisotopic (exact) mass is 323 g/mol. The number of nitrogens with one attached hydrogen (secondary N) is 1. The van der Waals surface area contributed by atoms with Gasteiger partial charge in [-0.15, -0.1) is 0 Å². The Balaban J connectivity index is 1.80. The van der Waals surface area contributed by atoms with Crippen LogP contribution in [-0.4, -0.2) is 28.1 Å². The number of phenols is 2. The summed E-state index contributed by atoms with van der Waals surface area (Å²) in [4.78, 5) is 15.6. The van der Waals surface area contributed by atoms with Gasteiger partial charge in [0.05, 0.1) is 7.11 Å². The smallest absolute Gasteiger partial charge is 0.235 e. The molecule has 0 amide bonds. The lowest BCUT2D eigenvalue weighted by Crippen LogP contribution is -1.98. The molecule has 0 fully saturated rings. The third kappa shape index (κ3) is 2.08. The molecule has 6 heteroatoms. The van der Waals surface area contributed by atoms with E-state index < -0.39 is 5.78 Å². The number of ketones is 1. The maximum Gasteiger partial charge on any atom is 0.235 e. The fourth-order valence-electron chi connectivity index (χ4n) is 2.79. The summed E-state index contributed by atoms with van der Waals surface area (Å²) in [7, 11) is 1.58. The zero-order valence-corrected chi connectivity index (χ0v) is 12.7. The van der Waals surface area contributed by atoms with Crippen molar-refractivity contribution >= 4 is 22.8 Å². The largest absolute Gasteiger partial charge is 0.508 e. The van der Waals surface area contributed by atoms with Crippen LogP contribution in [0.25, 0.3) is 17.0 Å². The van der Waals surface area contributed by atoms with Crippen LogP contribution in [-0.2, 0) is 0 Å².